The molecule has 0 spiro atoms. The summed E-state index contributed by atoms with van der Waals surface area (Å²) in [6, 6.07) is 2.02. The third-order valence-corrected chi connectivity index (χ3v) is 3.19. The fourth-order valence-electron chi connectivity index (χ4n) is 1.67. The van der Waals surface area contributed by atoms with Crippen LogP contribution in [0.15, 0.2) is 40.0 Å². The normalized spacial score (nSPS) is 13.2. The topological polar surface area (TPSA) is 13.1 Å². The Balaban J connectivity index is 2.38. The van der Waals surface area contributed by atoms with Gasteiger partial charge in [-0.2, -0.15) is 0 Å². The van der Waals surface area contributed by atoms with E-state index in [1.807, 2.05) is 6.07 Å². The third kappa shape index (κ3) is 5.08. The molecule has 0 unspecified atom stereocenters. The maximum Gasteiger partial charge on any atom is 0.110 e. The van der Waals surface area contributed by atoms with Crippen molar-refractivity contribution in [2.24, 2.45) is 0 Å². The van der Waals surface area contributed by atoms with Gasteiger partial charge in [0.05, 0.1) is 6.26 Å². The van der Waals surface area contributed by atoms with Crippen LogP contribution in [0.1, 0.15) is 51.4 Å². The predicted octanol–water partition coefficient (Wildman–Crippen LogP) is 5.21. The Kier molecular flexibility index (Phi) is 5.82. The van der Waals surface area contributed by atoms with Gasteiger partial charge in [-0.1, -0.05) is 30.2 Å². The Bertz CT molecular complexity index is 393. The van der Waals surface area contributed by atoms with Crippen molar-refractivity contribution in [3.8, 4) is 0 Å². The van der Waals surface area contributed by atoms with Crippen LogP contribution in [0.4, 0.5) is 0 Å². The van der Waals surface area contributed by atoms with Crippen LogP contribution in [0, 0.1) is 6.92 Å². The molecule has 0 aliphatic carbocycles. The van der Waals surface area contributed by atoms with Gasteiger partial charge >= 0.3 is 0 Å². The van der Waals surface area contributed by atoms with Crippen LogP contribution < -0.4 is 0 Å². The maximum absolute atomic E-state index is 5.42. The molecule has 0 saturated carbocycles. The number of allylic oxidation sites excluding steroid dienone is 4. The molecular formula is C16H24O. The van der Waals surface area contributed by atoms with Crippen molar-refractivity contribution >= 4 is 0 Å². The van der Waals surface area contributed by atoms with E-state index in [2.05, 4.69) is 39.8 Å². The molecule has 1 nitrogen and oxygen atoms in total. The van der Waals surface area contributed by atoms with E-state index in [-0.39, 0.29) is 0 Å². The SMILES string of the molecule is CCC(C)=CCC/C(C)=C/Cc1occc1C. The molecule has 1 heteroatoms. The Morgan fingerprint density at radius 1 is 1.24 bits per heavy atom. The summed E-state index contributed by atoms with van der Waals surface area (Å²) in [6.07, 6.45) is 10.8. The lowest BCUT2D eigenvalue weighted by molar-refractivity contribution is 0.520. The van der Waals surface area contributed by atoms with E-state index in [1.165, 1.54) is 16.7 Å². The van der Waals surface area contributed by atoms with E-state index in [0.29, 0.717) is 0 Å². The highest BCUT2D eigenvalue weighted by molar-refractivity contribution is 5.18. The molecule has 0 radical (unpaired) electrons. The molecule has 1 heterocycles. The van der Waals surface area contributed by atoms with Crippen LogP contribution in [0.25, 0.3) is 0 Å². The van der Waals surface area contributed by atoms with Gasteiger partial charge in [0.1, 0.15) is 5.76 Å². The van der Waals surface area contributed by atoms with E-state index in [4.69, 9.17) is 4.42 Å². The molecule has 94 valence electrons. The Labute approximate surface area is 105 Å². The standard InChI is InChI=1S/C16H24O/c1-5-13(2)7-6-8-14(3)9-10-16-15(4)11-12-17-16/h7,9,11-12H,5-6,8,10H2,1-4H3/b13-7?,14-9+. The van der Waals surface area contributed by atoms with Gasteiger partial charge in [-0.3, -0.25) is 0 Å². The second kappa shape index (κ2) is 7.16. The van der Waals surface area contributed by atoms with E-state index >= 15 is 0 Å². The summed E-state index contributed by atoms with van der Waals surface area (Å²) in [6.45, 7) is 8.70. The number of hydrogen-bond acceptors (Lipinski definition) is 1. The third-order valence-electron chi connectivity index (χ3n) is 3.19. The van der Waals surface area contributed by atoms with Crippen LogP contribution in [-0.2, 0) is 6.42 Å². The van der Waals surface area contributed by atoms with Gasteiger partial charge in [-0.15, -0.1) is 0 Å². The summed E-state index contributed by atoms with van der Waals surface area (Å²) in [7, 11) is 0. The Morgan fingerprint density at radius 3 is 2.59 bits per heavy atom. The molecule has 0 N–H and O–H groups in total. The first-order valence-corrected chi connectivity index (χ1v) is 6.47. The lowest BCUT2D eigenvalue weighted by Gasteiger charge is -2.00. The van der Waals surface area contributed by atoms with Crippen LogP contribution in [-0.4, -0.2) is 0 Å². The van der Waals surface area contributed by atoms with E-state index in [0.717, 1.165) is 31.4 Å². The molecule has 1 rings (SSSR count). The monoisotopic (exact) mass is 232 g/mol. The zero-order valence-corrected chi connectivity index (χ0v) is 11.5. The number of hydrogen-bond donors (Lipinski definition) is 0. The summed E-state index contributed by atoms with van der Waals surface area (Å²) in [5.74, 6) is 1.09. The van der Waals surface area contributed by atoms with Crippen molar-refractivity contribution in [3.05, 3.63) is 47.0 Å². The van der Waals surface area contributed by atoms with Crippen LogP contribution in [0.5, 0.6) is 0 Å². The van der Waals surface area contributed by atoms with Crippen molar-refractivity contribution in [1.29, 1.82) is 0 Å². The quantitative estimate of drug-likeness (QED) is 0.613. The molecule has 0 amide bonds. The first-order valence-electron chi connectivity index (χ1n) is 6.47. The zero-order chi connectivity index (χ0) is 12.7. The van der Waals surface area contributed by atoms with Gasteiger partial charge in [0.2, 0.25) is 0 Å². The van der Waals surface area contributed by atoms with Crippen molar-refractivity contribution < 1.29 is 4.42 Å². The second-order valence-electron chi connectivity index (χ2n) is 4.72. The van der Waals surface area contributed by atoms with Gasteiger partial charge < -0.3 is 4.42 Å². The van der Waals surface area contributed by atoms with Gasteiger partial charge in [0, 0.05) is 6.42 Å². The lowest BCUT2D eigenvalue weighted by atomic mass is 10.1. The highest BCUT2D eigenvalue weighted by Crippen LogP contribution is 2.13. The van der Waals surface area contributed by atoms with Crippen molar-refractivity contribution in [3.63, 3.8) is 0 Å². The van der Waals surface area contributed by atoms with Crippen molar-refractivity contribution in [1.82, 2.24) is 0 Å². The van der Waals surface area contributed by atoms with Gasteiger partial charge in [-0.25, -0.2) is 0 Å². The number of rotatable bonds is 6. The average molecular weight is 232 g/mol. The number of furan rings is 1. The van der Waals surface area contributed by atoms with Gasteiger partial charge in [-0.05, 0) is 51.7 Å². The fourth-order valence-corrected chi connectivity index (χ4v) is 1.67. The summed E-state index contributed by atoms with van der Waals surface area (Å²) in [4.78, 5) is 0. The largest absolute Gasteiger partial charge is 0.469 e. The van der Waals surface area contributed by atoms with E-state index < -0.39 is 0 Å². The molecule has 0 aliphatic heterocycles. The van der Waals surface area contributed by atoms with Crippen molar-refractivity contribution in [2.45, 2.75) is 53.4 Å². The first-order chi connectivity index (χ1) is 8.13. The molecule has 0 aliphatic rings. The Hall–Kier alpha value is -1.24. The Morgan fingerprint density at radius 2 is 2.00 bits per heavy atom. The molecule has 1 aromatic rings. The molecule has 0 fully saturated rings. The highest BCUT2D eigenvalue weighted by atomic mass is 16.3. The molecular weight excluding hydrogens is 208 g/mol. The first kappa shape index (κ1) is 13.8. The minimum absolute atomic E-state index is 0.918. The zero-order valence-electron chi connectivity index (χ0n) is 11.5. The van der Waals surface area contributed by atoms with Crippen LogP contribution >= 0.6 is 0 Å². The van der Waals surface area contributed by atoms with Crippen molar-refractivity contribution in [2.75, 3.05) is 0 Å². The smallest absolute Gasteiger partial charge is 0.110 e. The minimum Gasteiger partial charge on any atom is -0.469 e. The van der Waals surface area contributed by atoms with E-state index in [9.17, 15) is 0 Å². The molecule has 0 aromatic carbocycles. The molecule has 0 saturated heterocycles. The molecule has 0 atom stereocenters. The van der Waals surface area contributed by atoms with Crippen LogP contribution in [0.2, 0.25) is 0 Å². The highest BCUT2D eigenvalue weighted by Gasteiger charge is 1.99. The summed E-state index contributed by atoms with van der Waals surface area (Å²) in [5, 5.41) is 0. The van der Waals surface area contributed by atoms with Gasteiger partial charge in [0.15, 0.2) is 0 Å². The summed E-state index contributed by atoms with van der Waals surface area (Å²) in [5.41, 5.74) is 4.18. The number of aryl methyl sites for hydroxylation is 1. The lowest BCUT2D eigenvalue weighted by Crippen LogP contribution is -1.84. The average Bonchev–Trinajstić information content (AvgIpc) is 2.72. The molecule has 17 heavy (non-hydrogen) atoms. The fraction of sp³-hybridized carbons (Fsp3) is 0.500. The molecule has 1 aromatic heterocycles. The maximum atomic E-state index is 5.42. The predicted molar refractivity (Wildman–Crippen MR) is 74.2 cm³/mol. The summed E-state index contributed by atoms with van der Waals surface area (Å²) >= 11 is 0. The minimum atomic E-state index is 0.918. The van der Waals surface area contributed by atoms with E-state index in [1.54, 1.807) is 6.26 Å². The van der Waals surface area contributed by atoms with Crippen LogP contribution in [0.3, 0.4) is 0 Å². The second-order valence-corrected chi connectivity index (χ2v) is 4.72. The molecule has 0 bridgehead atoms. The summed E-state index contributed by atoms with van der Waals surface area (Å²) < 4.78 is 5.42. The van der Waals surface area contributed by atoms with Gasteiger partial charge in [0.25, 0.3) is 0 Å².